The molecule has 0 radical (unpaired) electrons. The third-order valence-corrected chi connectivity index (χ3v) is 5.78. The van der Waals surface area contributed by atoms with E-state index in [1.54, 1.807) is 90.0 Å². The van der Waals surface area contributed by atoms with Crippen LogP contribution in [-0.4, -0.2) is 93.6 Å². The number of aliphatic carboxylic acids is 2. The highest BCUT2D eigenvalue weighted by molar-refractivity contribution is 5.96. The summed E-state index contributed by atoms with van der Waals surface area (Å²) in [7, 11) is 0. The molecule has 0 saturated carbocycles. The first-order chi connectivity index (χ1) is 24.2. The molecule has 2 unspecified atom stereocenters. The first kappa shape index (κ1) is 80.3. The van der Waals surface area contributed by atoms with Crippen LogP contribution in [0.5, 0.6) is 0 Å². The highest BCUT2D eigenvalue weighted by Crippen LogP contribution is 2.21. The predicted octanol–water partition coefficient (Wildman–Crippen LogP) is 9.69. The Balaban J connectivity index is -0.0000000886. The second kappa shape index (κ2) is 35.9. The van der Waals surface area contributed by atoms with Crippen LogP contribution in [0.25, 0.3) is 0 Å². The molecule has 0 spiro atoms. The lowest BCUT2D eigenvalue weighted by Crippen LogP contribution is -2.40. The average Bonchev–Trinajstić information content (AvgIpc) is 2.96. The second-order valence-electron chi connectivity index (χ2n) is 15.8. The smallest absolute Gasteiger partial charge is 0.330 e. The molecule has 61 heavy (non-hydrogen) atoms. The molecule has 0 bridgehead atoms. The zero-order valence-corrected chi connectivity index (χ0v) is 34.3. The van der Waals surface area contributed by atoms with Crippen molar-refractivity contribution in [2.24, 2.45) is 23.7 Å². The van der Waals surface area contributed by atoms with Gasteiger partial charge in [0.1, 0.15) is 35.6 Å². The van der Waals surface area contributed by atoms with Crippen LogP contribution in [0.4, 0.5) is 0 Å². The zero-order valence-electron chi connectivity index (χ0n) is 34.3. The third-order valence-electron chi connectivity index (χ3n) is 5.78. The van der Waals surface area contributed by atoms with Gasteiger partial charge in [0.15, 0.2) is 11.8 Å². The first-order valence-corrected chi connectivity index (χ1v) is 17.2. The number of hydrogen-bond acceptors (Lipinski definition) is 14. The van der Waals surface area contributed by atoms with Gasteiger partial charge in [0.2, 0.25) is 0 Å². The summed E-state index contributed by atoms with van der Waals surface area (Å²) in [6.45, 7) is 28.4. The lowest BCUT2D eigenvalue weighted by molar-refractivity contribution is -0.181. The standard InChI is InChI=1S/C20H34O8.C15H24O6.C3H4O2.7CH4/c1-9-13(10-12(2)15(21)22)16(23)26-11-14(17(24)27-19(3,4)5)18(25)28-20(6,7)8;1-8-11(16)19-9-10(12(17)20-14(2,3)4)13(18)21-15(5,6)7;1-2-3(4)5;;;;;;;/h12-14H,9-11H2,1-8H3,(H,21,22);8,10H,1,9H2,2-7H3;2H,1H2,(H,4,5);7*1H4. The van der Waals surface area contributed by atoms with Gasteiger partial charge in [-0.2, -0.15) is 0 Å². The molecule has 0 aromatic carbocycles. The highest BCUT2D eigenvalue weighted by atomic mass is 16.6. The van der Waals surface area contributed by atoms with Crippen molar-refractivity contribution in [3.8, 4) is 0 Å². The molecule has 0 fully saturated rings. The van der Waals surface area contributed by atoms with Crippen LogP contribution in [0.15, 0.2) is 25.3 Å². The second-order valence-corrected chi connectivity index (χ2v) is 15.8. The fourth-order valence-corrected chi connectivity index (χ4v) is 3.42. The van der Waals surface area contributed by atoms with E-state index < -0.39 is 107 Å². The summed E-state index contributed by atoms with van der Waals surface area (Å²) >= 11 is 0. The van der Waals surface area contributed by atoms with E-state index in [2.05, 4.69) is 13.2 Å². The molecule has 0 saturated heterocycles. The number of carboxylic acids is 2. The number of ether oxygens (including phenoxy) is 6. The zero-order chi connectivity index (χ0) is 43.4. The van der Waals surface area contributed by atoms with Gasteiger partial charge in [-0.05, 0) is 95.9 Å². The maximum Gasteiger partial charge on any atom is 0.330 e. The first-order valence-electron chi connectivity index (χ1n) is 17.2. The molecule has 0 aliphatic rings. The normalized spacial score (nSPS) is 11.1. The lowest BCUT2D eigenvalue weighted by Gasteiger charge is -2.26. The number of rotatable bonds is 15. The molecule has 2 N–H and O–H groups in total. The Morgan fingerprint density at radius 2 is 0.770 bits per heavy atom. The Bertz CT molecular complexity index is 1250. The molecule has 0 aromatic rings. The molecule has 0 aromatic heterocycles. The van der Waals surface area contributed by atoms with Crippen LogP contribution >= 0.6 is 0 Å². The Morgan fingerprint density at radius 1 is 0.508 bits per heavy atom. The summed E-state index contributed by atoms with van der Waals surface area (Å²) in [6, 6.07) is 0. The van der Waals surface area contributed by atoms with Crippen molar-refractivity contribution in [3.05, 3.63) is 25.3 Å². The summed E-state index contributed by atoms with van der Waals surface area (Å²) in [4.78, 5) is 92.6. The molecule has 0 aliphatic heterocycles. The van der Waals surface area contributed by atoms with E-state index in [9.17, 15) is 38.4 Å². The van der Waals surface area contributed by atoms with E-state index in [1.807, 2.05) is 0 Å². The maximum atomic E-state index is 12.4. The molecule has 0 heterocycles. The molecule has 2 atom stereocenters. The summed E-state index contributed by atoms with van der Waals surface area (Å²) in [6.07, 6.45) is 2.26. The number of esters is 6. The van der Waals surface area contributed by atoms with Crippen molar-refractivity contribution in [3.63, 3.8) is 0 Å². The molecule has 0 rings (SSSR count). The maximum absolute atomic E-state index is 12.4. The van der Waals surface area contributed by atoms with Gasteiger partial charge in [0.25, 0.3) is 0 Å². The molecule has 16 nitrogen and oxygen atoms in total. The minimum absolute atomic E-state index is 0. The van der Waals surface area contributed by atoms with Crippen molar-refractivity contribution >= 4 is 47.8 Å². The number of carbonyl (C=O) groups is 8. The third kappa shape index (κ3) is 44.6. The van der Waals surface area contributed by atoms with Gasteiger partial charge < -0.3 is 38.6 Å². The fraction of sp³-hybridized carbons (Fsp3) is 0.733. The van der Waals surface area contributed by atoms with Gasteiger partial charge in [-0.3, -0.25) is 28.8 Å². The molecule has 0 amide bonds. The van der Waals surface area contributed by atoms with Crippen molar-refractivity contribution < 1.29 is 77.0 Å². The fourth-order valence-electron chi connectivity index (χ4n) is 3.42. The van der Waals surface area contributed by atoms with E-state index >= 15 is 0 Å². The number of carbonyl (C=O) groups excluding carboxylic acids is 6. The monoisotopic (exact) mass is 887 g/mol. The molecular weight excluding hydrogens is 796 g/mol. The van der Waals surface area contributed by atoms with Crippen LogP contribution in [0, 0.1) is 23.7 Å². The van der Waals surface area contributed by atoms with Gasteiger partial charge in [-0.15, -0.1) is 0 Å². The largest absolute Gasteiger partial charge is 0.481 e. The van der Waals surface area contributed by atoms with Crippen LogP contribution in [0.2, 0.25) is 0 Å². The van der Waals surface area contributed by atoms with E-state index in [-0.39, 0.29) is 58.4 Å². The predicted molar refractivity (Wildman–Crippen MR) is 243 cm³/mol. The molecule has 0 aliphatic carbocycles. The van der Waals surface area contributed by atoms with Crippen LogP contribution in [0.1, 0.15) is 162 Å². The highest BCUT2D eigenvalue weighted by Gasteiger charge is 2.38. The minimum Gasteiger partial charge on any atom is -0.481 e. The summed E-state index contributed by atoms with van der Waals surface area (Å²) in [5.41, 5.74) is -3.19. The van der Waals surface area contributed by atoms with E-state index in [1.165, 1.54) is 6.92 Å². The Morgan fingerprint density at radius 3 is 0.967 bits per heavy atom. The summed E-state index contributed by atoms with van der Waals surface area (Å²) < 4.78 is 30.7. The van der Waals surface area contributed by atoms with Gasteiger partial charge in [-0.1, -0.05) is 79.0 Å². The van der Waals surface area contributed by atoms with E-state index in [4.69, 9.17) is 38.6 Å². The van der Waals surface area contributed by atoms with Crippen molar-refractivity contribution in [1.29, 1.82) is 0 Å². The van der Waals surface area contributed by atoms with Gasteiger partial charge in [0, 0.05) is 12.2 Å². The van der Waals surface area contributed by atoms with Crippen LogP contribution < -0.4 is 0 Å². The van der Waals surface area contributed by atoms with E-state index in [0.29, 0.717) is 6.42 Å². The number of hydrogen-bond donors (Lipinski definition) is 2. The van der Waals surface area contributed by atoms with Gasteiger partial charge in [0.05, 0.1) is 11.8 Å². The van der Waals surface area contributed by atoms with Crippen LogP contribution in [0.3, 0.4) is 0 Å². The molecular formula is C45H90O16. The van der Waals surface area contributed by atoms with Crippen LogP contribution in [-0.2, 0) is 66.8 Å². The lowest BCUT2D eigenvalue weighted by atomic mass is 9.94. The van der Waals surface area contributed by atoms with Crippen molar-refractivity contribution in [2.45, 2.75) is 184 Å². The van der Waals surface area contributed by atoms with Crippen molar-refractivity contribution in [1.82, 2.24) is 0 Å². The number of carboxylic acid groups (broad SMARTS) is 2. The Hall–Kier alpha value is -4.76. The SMILES string of the molecule is C.C.C.C.C.C.C.C=CC(=O)O.C=CC(=O)OCC(C(=O)OC(C)(C)C)C(=O)OC(C)(C)C.CCC(CC(C)C(=O)O)C(=O)OCC(C(=O)OC(C)(C)C)C(=O)OC(C)(C)C. The summed E-state index contributed by atoms with van der Waals surface area (Å²) in [5, 5.41) is 16.6. The van der Waals surface area contributed by atoms with Gasteiger partial charge >= 0.3 is 47.8 Å². The quantitative estimate of drug-likeness (QED) is 0.0674. The average molecular weight is 887 g/mol. The Kier molecular flexibility index (Phi) is 47.3. The topological polar surface area (TPSA) is 232 Å². The van der Waals surface area contributed by atoms with E-state index in [0.717, 1.165) is 12.2 Å². The summed E-state index contributed by atoms with van der Waals surface area (Å²) in [5.74, 6) is -10.8. The van der Waals surface area contributed by atoms with Gasteiger partial charge in [-0.25, -0.2) is 9.59 Å². The van der Waals surface area contributed by atoms with Crippen molar-refractivity contribution in [2.75, 3.05) is 13.2 Å². The Labute approximate surface area is 370 Å². The minimum atomic E-state index is -1.42. The molecule has 16 heteroatoms. The molecule has 366 valence electrons.